The predicted octanol–water partition coefficient (Wildman–Crippen LogP) is 4.55. The summed E-state index contributed by atoms with van der Waals surface area (Å²) in [5, 5.41) is 10.6. The summed E-state index contributed by atoms with van der Waals surface area (Å²) >= 11 is 4.52. The zero-order chi connectivity index (χ0) is 14.1. The minimum Gasteiger partial charge on any atom is -0.478 e. The van der Waals surface area contributed by atoms with Crippen LogP contribution in [0.1, 0.15) is 10.4 Å². The van der Waals surface area contributed by atoms with E-state index >= 15 is 0 Å². The van der Waals surface area contributed by atoms with E-state index in [9.17, 15) is 9.90 Å². The van der Waals surface area contributed by atoms with Gasteiger partial charge in [0.05, 0.1) is 10.9 Å². The Morgan fingerprint density at radius 1 is 1.25 bits per heavy atom. The molecule has 4 nitrogen and oxygen atoms in total. The van der Waals surface area contributed by atoms with Crippen LogP contribution in [0.15, 0.2) is 46.9 Å². The number of aromatic carboxylic acids is 1. The maximum atomic E-state index is 11.2. The van der Waals surface area contributed by atoms with Gasteiger partial charge in [-0.05, 0) is 30.3 Å². The maximum Gasteiger partial charge on any atom is 0.339 e. The van der Waals surface area contributed by atoms with Crippen LogP contribution in [0.5, 0.6) is 10.8 Å². The molecule has 0 saturated heterocycles. The van der Waals surface area contributed by atoms with E-state index in [0.29, 0.717) is 10.8 Å². The highest BCUT2D eigenvalue weighted by Gasteiger charge is 2.15. The lowest BCUT2D eigenvalue weighted by Gasteiger charge is -2.07. The van der Waals surface area contributed by atoms with Crippen molar-refractivity contribution in [1.82, 2.24) is 4.37 Å². The van der Waals surface area contributed by atoms with E-state index in [2.05, 4.69) is 20.3 Å². The van der Waals surface area contributed by atoms with Crippen molar-refractivity contribution in [2.45, 2.75) is 0 Å². The van der Waals surface area contributed by atoms with Gasteiger partial charge in [0.25, 0.3) is 0 Å². The summed E-state index contributed by atoms with van der Waals surface area (Å²) in [5.41, 5.74) is 0.949. The Hall–Kier alpha value is -1.92. The molecule has 1 heterocycles. The summed E-state index contributed by atoms with van der Waals surface area (Å²) < 4.78 is 10.8. The average molecular weight is 350 g/mol. The number of nitrogens with zero attached hydrogens (tertiary/aromatic N) is 1. The average Bonchev–Trinajstić information content (AvgIpc) is 2.82. The molecule has 0 amide bonds. The largest absolute Gasteiger partial charge is 0.478 e. The lowest BCUT2D eigenvalue weighted by molar-refractivity contribution is 0.0694. The minimum absolute atomic E-state index is 0.116. The molecular weight excluding hydrogens is 342 g/mol. The van der Waals surface area contributed by atoms with Crippen molar-refractivity contribution in [2.24, 2.45) is 0 Å². The van der Waals surface area contributed by atoms with Gasteiger partial charge in [-0.15, -0.1) is 0 Å². The molecule has 0 atom stereocenters. The lowest BCUT2D eigenvalue weighted by Crippen LogP contribution is -1.99. The molecule has 0 aliphatic rings. The number of ether oxygens (including phenoxy) is 1. The lowest BCUT2D eigenvalue weighted by atomic mass is 10.2. The number of carboxylic acid groups (broad SMARTS) is 1. The van der Waals surface area contributed by atoms with Crippen LogP contribution in [0, 0.1) is 0 Å². The summed E-state index contributed by atoms with van der Waals surface area (Å²) in [7, 11) is 0. The maximum absolute atomic E-state index is 11.2. The van der Waals surface area contributed by atoms with Crippen LogP contribution in [0.25, 0.3) is 10.9 Å². The SMILES string of the molecule is O=C(O)c1ccc(Br)cc1Oc1snc2ccccc12. The van der Waals surface area contributed by atoms with E-state index in [-0.39, 0.29) is 5.56 Å². The molecule has 0 aliphatic heterocycles. The van der Waals surface area contributed by atoms with Crippen LogP contribution < -0.4 is 4.74 Å². The van der Waals surface area contributed by atoms with Crippen molar-refractivity contribution in [2.75, 3.05) is 0 Å². The Balaban J connectivity index is 2.07. The van der Waals surface area contributed by atoms with Crippen LogP contribution in [0.3, 0.4) is 0 Å². The molecule has 1 aromatic heterocycles. The molecule has 3 rings (SSSR count). The first-order valence-electron chi connectivity index (χ1n) is 5.70. The number of carbonyl (C=O) groups is 1. The van der Waals surface area contributed by atoms with Gasteiger partial charge in [-0.2, -0.15) is 4.37 Å². The summed E-state index contributed by atoms with van der Waals surface area (Å²) in [6.07, 6.45) is 0. The third kappa shape index (κ3) is 2.39. The van der Waals surface area contributed by atoms with E-state index < -0.39 is 5.97 Å². The number of carboxylic acids is 1. The second kappa shape index (κ2) is 5.22. The fourth-order valence-electron chi connectivity index (χ4n) is 1.80. The van der Waals surface area contributed by atoms with Crippen molar-refractivity contribution < 1.29 is 14.6 Å². The van der Waals surface area contributed by atoms with Gasteiger partial charge in [0.2, 0.25) is 5.06 Å². The Morgan fingerprint density at radius 3 is 2.85 bits per heavy atom. The van der Waals surface area contributed by atoms with Gasteiger partial charge in [-0.3, -0.25) is 0 Å². The molecule has 0 fully saturated rings. The number of hydrogen-bond donors (Lipinski definition) is 1. The third-order valence-electron chi connectivity index (χ3n) is 2.73. The molecule has 20 heavy (non-hydrogen) atoms. The summed E-state index contributed by atoms with van der Waals surface area (Å²) in [5.74, 6) is -0.734. The van der Waals surface area contributed by atoms with Gasteiger partial charge in [0, 0.05) is 16.0 Å². The van der Waals surface area contributed by atoms with E-state index in [1.54, 1.807) is 12.1 Å². The van der Waals surface area contributed by atoms with Crippen LogP contribution >= 0.6 is 27.5 Å². The van der Waals surface area contributed by atoms with Crippen LogP contribution in [-0.4, -0.2) is 15.4 Å². The molecule has 0 spiro atoms. The van der Waals surface area contributed by atoms with Gasteiger partial charge < -0.3 is 9.84 Å². The highest BCUT2D eigenvalue weighted by atomic mass is 79.9. The van der Waals surface area contributed by atoms with E-state index in [1.165, 1.54) is 17.6 Å². The quantitative estimate of drug-likeness (QED) is 0.753. The van der Waals surface area contributed by atoms with Crippen molar-refractivity contribution in [3.63, 3.8) is 0 Å². The molecule has 100 valence electrons. The van der Waals surface area contributed by atoms with Crippen LogP contribution in [0.2, 0.25) is 0 Å². The zero-order valence-corrected chi connectivity index (χ0v) is 12.4. The Kier molecular flexibility index (Phi) is 3.42. The van der Waals surface area contributed by atoms with Crippen molar-refractivity contribution in [3.8, 4) is 10.8 Å². The fourth-order valence-corrected chi connectivity index (χ4v) is 2.87. The monoisotopic (exact) mass is 349 g/mol. The van der Waals surface area contributed by atoms with Gasteiger partial charge >= 0.3 is 5.97 Å². The molecule has 3 aromatic rings. The first kappa shape index (κ1) is 13.1. The molecule has 2 aromatic carbocycles. The summed E-state index contributed by atoms with van der Waals surface area (Å²) in [6, 6.07) is 12.4. The fraction of sp³-hybridized carbons (Fsp3) is 0. The Morgan fingerprint density at radius 2 is 2.05 bits per heavy atom. The number of benzene rings is 2. The van der Waals surface area contributed by atoms with E-state index in [0.717, 1.165) is 15.4 Å². The molecule has 0 bridgehead atoms. The molecule has 0 radical (unpaired) electrons. The third-order valence-corrected chi connectivity index (χ3v) is 3.98. The highest BCUT2D eigenvalue weighted by molar-refractivity contribution is 9.10. The van der Waals surface area contributed by atoms with E-state index in [4.69, 9.17) is 4.74 Å². The molecule has 1 N–H and O–H groups in total. The normalized spacial score (nSPS) is 10.7. The summed E-state index contributed by atoms with van der Waals surface area (Å²) in [4.78, 5) is 11.2. The van der Waals surface area contributed by atoms with Gasteiger partial charge in [-0.1, -0.05) is 28.1 Å². The number of halogens is 1. The Labute approximate surface area is 126 Å². The topological polar surface area (TPSA) is 59.4 Å². The molecule has 0 aliphatic carbocycles. The number of fused-ring (bicyclic) bond motifs is 1. The first-order valence-corrected chi connectivity index (χ1v) is 7.27. The van der Waals surface area contributed by atoms with E-state index in [1.807, 2.05) is 24.3 Å². The molecule has 0 unspecified atom stereocenters. The highest BCUT2D eigenvalue weighted by Crippen LogP contribution is 2.36. The van der Waals surface area contributed by atoms with Crippen LogP contribution in [-0.2, 0) is 0 Å². The smallest absolute Gasteiger partial charge is 0.339 e. The number of rotatable bonds is 3. The van der Waals surface area contributed by atoms with Crippen molar-refractivity contribution in [3.05, 3.63) is 52.5 Å². The second-order valence-electron chi connectivity index (χ2n) is 4.03. The first-order chi connectivity index (χ1) is 9.65. The van der Waals surface area contributed by atoms with Gasteiger partial charge in [0.15, 0.2) is 0 Å². The number of hydrogen-bond acceptors (Lipinski definition) is 4. The second-order valence-corrected chi connectivity index (χ2v) is 5.69. The summed E-state index contributed by atoms with van der Waals surface area (Å²) in [6.45, 7) is 0. The minimum atomic E-state index is -1.03. The molecule has 6 heteroatoms. The number of aromatic nitrogens is 1. The van der Waals surface area contributed by atoms with Gasteiger partial charge in [-0.25, -0.2) is 4.79 Å². The Bertz CT molecular complexity index is 800. The predicted molar refractivity (Wildman–Crippen MR) is 80.8 cm³/mol. The molecular formula is C14H8BrNO3S. The van der Waals surface area contributed by atoms with Crippen molar-refractivity contribution in [1.29, 1.82) is 0 Å². The standard InChI is InChI=1S/C14H8BrNO3S/c15-8-5-6-10(13(17)18)12(7-8)19-14-9-3-1-2-4-11(9)16-20-14/h1-7H,(H,17,18). The van der Waals surface area contributed by atoms with Gasteiger partial charge in [0.1, 0.15) is 11.3 Å². The zero-order valence-electron chi connectivity index (χ0n) is 10.0. The van der Waals surface area contributed by atoms with Crippen LogP contribution in [0.4, 0.5) is 0 Å². The molecule has 0 saturated carbocycles. The van der Waals surface area contributed by atoms with Crippen molar-refractivity contribution >= 4 is 44.3 Å².